The minimum absolute atomic E-state index is 0.0499. The van der Waals surface area contributed by atoms with Gasteiger partial charge in [-0.25, -0.2) is 4.79 Å². The van der Waals surface area contributed by atoms with Crippen molar-refractivity contribution >= 4 is 29.5 Å². The van der Waals surface area contributed by atoms with Crippen molar-refractivity contribution in [3.8, 4) is 0 Å². The predicted molar refractivity (Wildman–Crippen MR) is 79.9 cm³/mol. The molecular weight excluding hydrogens is 320 g/mol. The van der Waals surface area contributed by atoms with Gasteiger partial charge in [0.25, 0.3) is 5.91 Å². The lowest BCUT2D eigenvalue weighted by molar-refractivity contribution is -0.389. The summed E-state index contributed by atoms with van der Waals surface area (Å²) in [6, 6.07) is 0.455. The smallest absolute Gasteiger partial charge is 0.344 e. The molecule has 0 bridgehead atoms. The Morgan fingerprint density at radius 3 is 2.71 bits per heavy atom. The van der Waals surface area contributed by atoms with E-state index in [0.717, 1.165) is 30.2 Å². The van der Waals surface area contributed by atoms with E-state index in [1.807, 2.05) is 0 Å². The first-order valence-electron chi connectivity index (χ1n) is 7.55. The van der Waals surface area contributed by atoms with E-state index in [1.54, 1.807) is 0 Å². The molecule has 1 aliphatic carbocycles. The molecule has 1 saturated carbocycles. The number of carbonyl (C=O) groups excluding carboxylic acids is 3. The molecule has 1 spiro atoms. The molecule has 0 radical (unpaired) electrons. The third-order valence-electron chi connectivity index (χ3n) is 4.28. The second kappa shape index (κ2) is 5.91. The minimum Gasteiger partial charge on any atom is -0.358 e. The molecule has 0 unspecified atom stereocenters. The summed E-state index contributed by atoms with van der Waals surface area (Å²) < 4.78 is 0. The largest absolute Gasteiger partial charge is 0.358 e. The van der Waals surface area contributed by atoms with E-state index in [1.165, 1.54) is 0 Å². The third-order valence-corrected chi connectivity index (χ3v) is 4.28. The number of aromatic nitrogens is 2. The van der Waals surface area contributed by atoms with Crippen molar-refractivity contribution < 1.29 is 19.3 Å². The quantitative estimate of drug-likeness (QED) is 0.414. The van der Waals surface area contributed by atoms with Crippen molar-refractivity contribution in [2.24, 2.45) is 0 Å². The Hall–Kier alpha value is -2.98. The number of nitro groups is 1. The zero-order valence-electron chi connectivity index (χ0n) is 12.7. The SMILES string of the molecule is O=C(CN1C(=O)NC2(CCCCC2)C1=O)Nc1cc([N+](=O)[O-])[nH]n1. The molecule has 3 N–H and O–H groups in total. The van der Waals surface area contributed by atoms with Crippen molar-refractivity contribution in [3.63, 3.8) is 0 Å². The van der Waals surface area contributed by atoms with Gasteiger partial charge >= 0.3 is 11.8 Å². The molecular formula is C13H16N6O5. The number of nitrogens with one attached hydrogen (secondary N) is 3. The second-order valence-corrected chi connectivity index (χ2v) is 5.91. The molecule has 3 rings (SSSR count). The van der Waals surface area contributed by atoms with Gasteiger partial charge in [-0.2, -0.15) is 0 Å². The molecule has 2 aliphatic rings. The van der Waals surface area contributed by atoms with Crippen LogP contribution < -0.4 is 10.6 Å². The van der Waals surface area contributed by atoms with E-state index < -0.39 is 34.9 Å². The Morgan fingerprint density at radius 1 is 1.38 bits per heavy atom. The molecule has 1 aromatic rings. The number of urea groups is 1. The molecule has 1 saturated heterocycles. The average molecular weight is 336 g/mol. The normalized spacial score (nSPS) is 19.4. The van der Waals surface area contributed by atoms with E-state index in [9.17, 15) is 24.5 Å². The molecule has 1 aromatic heterocycles. The maximum Gasteiger partial charge on any atom is 0.344 e. The van der Waals surface area contributed by atoms with Gasteiger partial charge in [-0.3, -0.25) is 14.5 Å². The first-order chi connectivity index (χ1) is 11.4. The number of hydrogen-bond acceptors (Lipinski definition) is 6. The fourth-order valence-corrected chi connectivity index (χ4v) is 3.11. The van der Waals surface area contributed by atoms with E-state index in [-0.39, 0.29) is 11.6 Å². The Balaban J connectivity index is 1.64. The van der Waals surface area contributed by atoms with Crippen LogP contribution in [0.4, 0.5) is 16.4 Å². The van der Waals surface area contributed by atoms with E-state index >= 15 is 0 Å². The first-order valence-corrected chi connectivity index (χ1v) is 7.55. The van der Waals surface area contributed by atoms with Crippen LogP contribution in [0.2, 0.25) is 0 Å². The Bertz CT molecular complexity index is 707. The van der Waals surface area contributed by atoms with Crippen molar-refractivity contribution in [1.82, 2.24) is 20.4 Å². The molecule has 4 amide bonds. The maximum absolute atomic E-state index is 12.5. The molecule has 11 nitrogen and oxygen atoms in total. The monoisotopic (exact) mass is 336 g/mol. The minimum atomic E-state index is -0.888. The van der Waals surface area contributed by atoms with Crippen molar-refractivity contribution in [2.75, 3.05) is 11.9 Å². The number of imide groups is 1. The molecule has 1 aliphatic heterocycles. The van der Waals surface area contributed by atoms with Crippen molar-refractivity contribution in [1.29, 1.82) is 0 Å². The molecule has 2 heterocycles. The first kappa shape index (κ1) is 15.9. The maximum atomic E-state index is 12.5. The molecule has 128 valence electrons. The van der Waals surface area contributed by atoms with Crippen LogP contribution in [0.5, 0.6) is 0 Å². The van der Waals surface area contributed by atoms with Gasteiger partial charge in [-0.15, -0.1) is 5.10 Å². The number of carbonyl (C=O) groups is 3. The summed E-state index contributed by atoms with van der Waals surface area (Å²) in [4.78, 5) is 47.3. The van der Waals surface area contributed by atoms with Gasteiger partial charge in [-0.1, -0.05) is 24.4 Å². The fourth-order valence-electron chi connectivity index (χ4n) is 3.11. The summed E-state index contributed by atoms with van der Waals surface area (Å²) in [5.41, 5.74) is -0.888. The van der Waals surface area contributed by atoms with E-state index in [4.69, 9.17) is 0 Å². The van der Waals surface area contributed by atoms with Gasteiger partial charge in [0.05, 0.1) is 6.07 Å². The molecule has 24 heavy (non-hydrogen) atoms. The lowest BCUT2D eigenvalue weighted by Crippen LogP contribution is -2.48. The van der Waals surface area contributed by atoms with Crippen LogP contribution in [-0.4, -0.2) is 49.9 Å². The standard InChI is InChI=1S/C13H16N6O5/c20-10(14-8-6-9(17-16-8)19(23)24)7-18-11(21)13(15-12(18)22)4-2-1-3-5-13/h6H,1-5,7H2,(H,15,22)(H2,14,16,17,20). The Labute approximate surface area is 135 Å². The lowest BCUT2D eigenvalue weighted by Gasteiger charge is -2.30. The highest BCUT2D eigenvalue weighted by Crippen LogP contribution is 2.33. The Kier molecular flexibility index (Phi) is 3.91. The predicted octanol–water partition coefficient (Wildman–Crippen LogP) is 0.511. The van der Waals surface area contributed by atoms with Crippen LogP contribution >= 0.6 is 0 Å². The molecule has 2 fully saturated rings. The highest BCUT2D eigenvalue weighted by atomic mass is 16.6. The summed E-state index contributed by atoms with van der Waals surface area (Å²) in [7, 11) is 0. The van der Waals surface area contributed by atoms with Crippen LogP contribution in [0.3, 0.4) is 0 Å². The van der Waals surface area contributed by atoms with Gasteiger partial charge in [0.1, 0.15) is 12.1 Å². The highest BCUT2D eigenvalue weighted by molar-refractivity contribution is 6.10. The number of aromatic amines is 1. The summed E-state index contributed by atoms with van der Waals surface area (Å²) in [5, 5.41) is 21.3. The number of anilines is 1. The van der Waals surface area contributed by atoms with Crippen LogP contribution in [0.15, 0.2) is 6.07 Å². The van der Waals surface area contributed by atoms with Gasteiger partial charge in [-0.05, 0) is 17.8 Å². The second-order valence-electron chi connectivity index (χ2n) is 5.91. The highest BCUT2D eigenvalue weighted by Gasteiger charge is 2.51. The number of H-pyrrole nitrogens is 1. The number of rotatable bonds is 4. The van der Waals surface area contributed by atoms with Gasteiger partial charge in [0.15, 0.2) is 5.82 Å². The molecule has 0 aromatic carbocycles. The van der Waals surface area contributed by atoms with Gasteiger partial charge < -0.3 is 20.7 Å². The summed E-state index contributed by atoms with van der Waals surface area (Å²) in [5.74, 6) is -1.48. The number of amides is 4. The van der Waals surface area contributed by atoms with Gasteiger partial charge in [0, 0.05) is 0 Å². The van der Waals surface area contributed by atoms with Crippen LogP contribution in [0.25, 0.3) is 0 Å². The van der Waals surface area contributed by atoms with Crippen LogP contribution in [0, 0.1) is 10.1 Å². The summed E-state index contributed by atoms with van der Waals surface area (Å²) in [6.07, 6.45) is 3.86. The van der Waals surface area contributed by atoms with Gasteiger partial charge in [0.2, 0.25) is 5.91 Å². The van der Waals surface area contributed by atoms with Crippen LogP contribution in [-0.2, 0) is 9.59 Å². The van der Waals surface area contributed by atoms with E-state index in [0.29, 0.717) is 12.8 Å². The topological polar surface area (TPSA) is 150 Å². The van der Waals surface area contributed by atoms with Crippen molar-refractivity contribution in [3.05, 3.63) is 16.2 Å². The third kappa shape index (κ3) is 2.79. The zero-order valence-corrected chi connectivity index (χ0v) is 12.7. The fraction of sp³-hybridized carbons (Fsp3) is 0.538. The van der Waals surface area contributed by atoms with Crippen molar-refractivity contribution in [2.45, 2.75) is 37.6 Å². The molecule has 11 heteroatoms. The lowest BCUT2D eigenvalue weighted by atomic mass is 9.82. The number of hydrogen-bond donors (Lipinski definition) is 3. The van der Waals surface area contributed by atoms with Crippen LogP contribution in [0.1, 0.15) is 32.1 Å². The average Bonchev–Trinajstić information content (AvgIpc) is 3.08. The summed E-state index contributed by atoms with van der Waals surface area (Å²) >= 11 is 0. The molecule has 0 atom stereocenters. The Morgan fingerprint density at radius 2 is 2.08 bits per heavy atom. The summed E-state index contributed by atoms with van der Waals surface area (Å²) in [6.45, 7) is -0.465. The zero-order chi connectivity index (χ0) is 17.3. The van der Waals surface area contributed by atoms with E-state index in [2.05, 4.69) is 20.8 Å². The number of nitrogens with zero attached hydrogens (tertiary/aromatic N) is 3.